The number of hydrogen-bond acceptors (Lipinski definition) is 1. The van der Waals surface area contributed by atoms with Crippen molar-refractivity contribution >= 4 is 0 Å². The maximum atomic E-state index is 5.70. The zero-order chi connectivity index (χ0) is 8.65. The van der Waals surface area contributed by atoms with Crippen LogP contribution in [0.3, 0.4) is 0 Å². The van der Waals surface area contributed by atoms with Gasteiger partial charge in [-0.25, -0.2) is 0 Å². The van der Waals surface area contributed by atoms with Crippen molar-refractivity contribution in [1.29, 1.82) is 0 Å². The average molecular weight is 154 g/mol. The minimum Gasteiger partial charge on any atom is -0.494 e. The molecule has 0 amide bonds. The Morgan fingerprint density at radius 3 is 2.00 bits per heavy atom. The summed E-state index contributed by atoms with van der Waals surface area (Å²) in [5.74, 6) is 1.72. The molecule has 0 N–H and O–H groups in total. The van der Waals surface area contributed by atoms with Crippen molar-refractivity contribution in [2.45, 2.75) is 40.7 Å². The van der Waals surface area contributed by atoms with E-state index in [2.05, 4.69) is 40.7 Å². The van der Waals surface area contributed by atoms with E-state index in [0.29, 0.717) is 12.0 Å². The lowest BCUT2D eigenvalue weighted by molar-refractivity contribution is 0.0970. The minimum absolute atomic E-state index is 0.180. The van der Waals surface area contributed by atoms with E-state index in [9.17, 15) is 0 Å². The summed E-state index contributed by atoms with van der Waals surface area (Å²) in [6.45, 7) is 10.9. The van der Waals surface area contributed by atoms with Crippen LogP contribution in [-0.4, -0.2) is 6.10 Å². The Labute approximate surface area is 69.4 Å². The lowest BCUT2D eigenvalue weighted by Crippen LogP contribution is -2.13. The molecule has 0 saturated heterocycles. The Morgan fingerprint density at radius 2 is 1.82 bits per heavy atom. The topological polar surface area (TPSA) is 9.23 Å². The molecule has 2 unspecified atom stereocenters. The van der Waals surface area contributed by atoms with Crippen LogP contribution in [0.2, 0.25) is 0 Å². The highest BCUT2D eigenvalue weighted by atomic mass is 16.5. The van der Waals surface area contributed by atoms with Gasteiger partial charge in [-0.15, -0.1) is 0 Å². The van der Waals surface area contributed by atoms with Gasteiger partial charge in [0, 0.05) is 11.3 Å². The van der Waals surface area contributed by atoms with Crippen molar-refractivity contribution in [2.75, 3.05) is 0 Å². The molecule has 1 rings (SSSR count). The van der Waals surface area contributed by atoms with Gasteiger partial charge in [0.15, 0.2) is 0 Å². The first kappa shape index (κ1) is 8.63. The molecule has 0 aliphatic carbocycles. The van der Waals surface area contributed by atoms with Crippen LogP contribution in [0.25, 0.3) is 0 Å². The Balaban J connectivity index is 2.71. The first-order valence-corrected chi connectivity index (χ1v) is 4.30. The fraction of sp³-hybridized carbons (Fsp3) is 0.800. The first-order valence-electron chi connectivity index (χ1n) is 4.30. The molecule has 0 radical (unpaired) electrons. The van der Waals surface area contributed by atoms with Gasteiger partial charge in [-0.3, -0.25) is 0 Å². The molecule has 2 atom stereocenters. The minimum atomic E-state index is 0.180. The summed E-state index contributed by atoms with van der Waals surface area (Å²) in [7, 11) is 0. The van der Waals surface area contributed by atoms with E-state index >= 15 is 0 Å². The molecule has 64 valence electrons. The van der Waals surface area contributed by atoms with Gasteiger partial charge in [-0.05, 0) is 13.0 Å². The second kappa shape index (κ2) is 2.54. The number of ether oxygens (including phenoxy) is 1. The van der Waals surface area contributed by atoms with Crippen LogP contribution in [0, 0.1) is 11.3 Å². The number of hydrogen-bond donors (Lipinski definition) is 0. The van der Waals surface area contributed by atoms with Gasteiger partial charge < -0.3 is 4.74 Å². The van der Waals surface area contributed by atoms with Gasteiger partial charge in [-0.1, -0.05) is 27.7 Å². The zero-order valence-corrected chi connectivity index (χ0v) is 8.14. The predicted molar refractivity (Wildman–Crippen MR) is 47.2 cm³/mol. The smallest absolute Gasteiger partial charge is 0.102 e. The summed E-state index contributed by atoms with van der Waals surface area (Å²) in [6.07, 6.45) is 2.61. The summed E-state index contributed by atoms with van der Waals surface area (Å²) >= 11 is 0. The van der Waals surface area contributed by atoms with E-state index in [4.69, 9.17) is 4.74 Å². The molecule has 0 aromatic carbocycles. The lowest BCUT2D eigenvalue weighted by Gasteiger charge is -2.21. The first-order chi connectivity index (χ1) is 4.91. The van der Waals surface area contributed by atoms with Gasteiger partial charge in [0.05, 0.1) is 5.76 Å². The molecule has 0 fully saturated rings. The summed E-state index contributed by atoms with van der Waals surface area (Å²) in [5, 5.41) is 0. The molecule has 0 bridgehead atoms. The van der Waals surface area contributed by atoms with Crippen molar-refractivity contribution < 1.29 is 4.74 Å². The van der Waals surface area contributed by atoms with Crippen molar-refractivity contribution in [3.05, 3.63) is 11.8 Å². The predicted octanol–water partition coefficient (Wildman–Crippen LogP) is 2.97. The normalized spacial score (nSPS) is 31.5. The van der Waals surface area contributed by atoms with E-state index in [0.717, 1.165) is 5.76 Å². The van der Waals surface area contributed by atoms with Crippen molar-refractivity contribution in [1.82, 2.24) is 0 Å². The quantitative estimate of drug-likeness (QED) is 0.521. The summed E-state index contributed by atoms with van der Waals surface area (Å²) in [6, 6.07) is 0. The average Bonchev–Trinajstić information content (AvgIpc) is 2.11. The van der Waals surface area contributed by atoms with Crippen LogP contribution in [0.4, 0.5) is 0 Å². The highest BCUT2D eigenvalue weighted by Gasteiger charge is 2.28. The van der Waals surface area contributed by atoms with Crippen molar-refractivity contribution in [2.24, 2.45) is 11.3 Å². The zero-order valence-electron chi connectivity index (χ0n) is 8.14. The molecule has 0 saturated carbocycles. The monoisotopic (exact) mass is 154 g/mol. The molecule has 0 spiro atoms. The van der Waals surface area contributed by atoms with Crippen LogP contribution >= 0.6 is 0 Å². The Bertz CT molecular complexity index is 174. The molecule has 1 heterocycles. The maximum Gasteiger partial charge on any atom is 0.102 e. The van der Waals surface area contributed by atoms with Crippen LogP contribution in [0.5, 0.6) is 0 Å². The highest BCUT2D eigenvalue weighted by Crippen LogP contribution is 2.34. The standard InChI is InChI=1S/C10H18O/c1-7-6-9(10(3,4)5)11-8(7)2/h6-8H,1-5H3. The Kier molecular flexibility index (Phi) is 2.00. The summed E-state index contributed by atoms with van der Waals surface area (Å²) in [4.78, 5) is 0. The van der Waals surface area contributed by atoms with E-state index in [1.54, 1.807) is 0 Å². The van der Waals surface area contributed by atoms with Crippen molar-refractivity contribution in [3.63, 3.8) is 0 Å². The maximum absolute atomic E-state index is 5.70. The molecule has 1 aliphatic heterocycles. The number of rotatable bonds is 0. The van der Waals surface area contributed by atoms with Gasteiger partial charge in [-0.2, -0.15) is 0 Å². The molecule has 1 nitrogen and oxygen atoms in total. The summed E-state index contributed by atoms with van der Waals surface area (Å²) < 4.78 is 5.70. The third-order valence-corrected chi connectivity index (χ3v) is 2.21. The van der Waals surface area contributed by atoms with Crippen LogP contribution < -0.4 is 0 Å². The Hall–Kier alpha value is -0.460. The fourth-order valence-electron chi connectivity index (χ4n) is 1.15. The molecule has 11 heavy (non-hydrogen) atoms. The second-order valence-electron chi connectivity index (χ2n) is 4.46. The van der Waals surface area contributed by atoms with Gasteiger partial charge in [0.1, 0.15) is 6.10 Å². The summed E-state index contributed by atoms with van der Waals surface area (Å²) in [5.41, 5.74) is 0.180. The van der Waals surface area contributed by atoms with Crippen LogP contribution in [0.15, 0.2) is 11.8 Å². The molecule has 1 heteroatoms. The third kappa shape index (κ3) is 1.76. The van der Waals surface area contributed by atoms with E-state index in [-0.39, 0.29) is 5.41 Å². The van der Waals surface area contributed by atoms with E-state index < -0.39 is 0 Å². The molecular weight excluding hydrogens is 136 g/mol. The van der Waals surface area contributed by atoms with E-state index in [1.807, 2.05) is 0 Å². The van der Waals surface area contributed by atoms with Gasteiger partial charge >= 0.3 is 0 Å². The van der Waals surface area contributed by atoms with E-state index in [1.165, 1.54) is 0 Å². The van der Waals surface area contributed by atoms with Crippen LogP contribution in [0.1, 0.15) is 34.6 Å². The van der Waals surface area contributed by atoms with Crippen LogP contribution in [-0.2, 0) is 4.74 Å². The largest absolute Gasteiger partial charge is 0.494 e. The van der Waals surface area contributed by atoms with Crippen molar-refractivity contribution in [3.8, 4) is 0 Å². The molecular formula is C10H18O. The molecule has 0 aromatic heterocycles. The van der Waals surface area contributed by atoms with Gasteiger partial charge in [0.2, 0.25) is 0 Å². The lowest BCUT2D eigenvalue weighted by atomic mass is 9.93. The Morgan fingerprint density at radius 1 is 1.27 bits per heavy atom. The number of allylic oxidation sites excluding steroid dienone is 1. The fourth-order valence-corrected chi connectivity index (χ4v) is 1.15. The molecule has 0 aromatic rings. The second-order valence-corrected chi connectivity index (χ2v) is 4.46. The van der Waals surface area contributed by atoms with Gasteiger partial charge in [0.25, 0.3) is 0 Å². The SMILES string of the molecule is CC1C=C(C(C)(C)C)OC1C. The third-order valence-electron chi connectivity index (χ3n) is 2.21. The molecule has 1 aliphatic rings. The highest BCUT2D eigenvalue weighted by molar-refractivity contribution is 5.10.